The highest BCUT2D eigenvalue weighted by Gasteiger charge is 2.34. The Kier molecular flexibility index (Phi) is 5.75. The van der Waals surface area contributed by atoms with Gasteiger partial charge in [-0.1, -0.05) is 17.7 Å². The summed E-state index contributed by atoms with van der Waals surface area (Å²) < 4.78 is 30.6. The largest absolute Gasteiger partial charge is 0.444 e. The number of halogens is 1. The lowest BCUT2D eigenvalue weighted by Gasteiger charge is -2.33. The van der Waals surface area contributed by atoms with Gasteiger partial charge in [0.15, 0.2) is 9.84 Å². The summed E-state index contributed by atoms with van der Waals surface area (Å²) in [5.74, 6) is -0.107. The topological polar surface area (TPSA) is 76.6 Å². The molecule has 24 heavy (non-hydrogen) atoms. The predicted molar refractivity (Wildman–Crippen MR) is 92.7 cm³/mol. The summed E-state index contributed by atoms with van der Waals surface area (Å²) in [6.45, 7) is 6.05. The van der Waals surface area contributed by atoms with Crippen LogP contribution in [-0.4, -0.2) is 48.3 Å². The molecule has 134 valence electrons. The van der Waals surface area contributed by atoms with E-state index in [0.717, 1.165) is 0 Å². The molecule has 1 aromatic rings. The maximum atomic E-state index is 12.7. The van der Waals surface area contributed by atoms with Crippen LogP contribution in [0.1, 0.15) is 39.2 Å². The van der Waals surface area contributed by atoms with Crippen LogP contribution in [0.5, 0.6) is 0 Å². The number of hydrogen-bond acceptors (Lipinski definition) is 5. The molecule has 0 N–H and O–H groups in total. The number of likely N-dealkylation sites (tertiary alicyclic amines) is 1. The van der Waals surface area contributed by atoms with Crippen LogP contribution in [0.3, 0.4) is 0 Å². The summed E-state index contributed by atoms with van der Waals surface area (Å²) in [6, 6.07) is 3.22. The van der Waals surface area contributed by atoms with Crippen LogP contribution in [0.2, 0.25) is 5.15 Å². The minimum Gasteiger partial charge on any atom is -0.444 e. The van der Waals surface area contributed by atoms with Gasteiger partial charge in [-0.3, -0.25) is 0 Å². The highest BCUT2D eigenvalue weighted by molar-refractivity contribution is 7.91. The van der Waals surface area contributed by atoms with Crippen LogP contribution in [-0.2, 0) is 20.3 Å². The number of sulfone groups is 1. The van der Waals surface area contributed by atoms with Gasteiger partial charge in [-0.05, 0) is 45.2 Å². The second-order valence-corrected chi connectivity index (χ2v) is 9.66. The molecule has 2 rings (SSSR count). The third-order valence-electron chi connectivity index (χ3n) is 3.69. The van der Waals surface area contributed by atoms with Crippen LogP contribution in [0, 0.1) is 0 Å². The smallest absolute Gasteiger partial charge is 0.410 e. The molecule has 1 saturated heterocycles. The molecule has 1 fully saturated rings. The first-order valence-corrected chi connectivity index (χ1v) is 9.96. The quantitative estimate of drug-likeness (QED) is 0.760. The molecular formula is C16H23ClN2O4S. The van der Waals surface area contributed by atoms with Crippen molar-refractivity contribution in [1.29, 1.82) is 0 Å². The van der Waals surface area contributed by atoms with Gasteiger partial charge in [0.05, 0.1) is 11.0 Å². The molecule has 1 unspecified atom stereocenters. The van der Waals surface area contributed by atoms with E-state index in [0.29, 0.717) is 30.1 Å². The van der Waals surface area contributed by atoms with E-state index in [1.54, 1.807) is 32.9 Å². The monoisotopic (exact) mass is 374 g/mol. The fraction of sp³-hybridized carbons (Fsp3) is 0.625. The summed E-state index contributed by atoms with van der Waals surface area (Å²) in [5.41, 5.74) is -0.00785. The average molecular weight is 375 g/mol. The lowest BCUT2D eigenvalue weighted by Crippen LogP contribution is -2.47. The number of ether oxygens (including phenoxy) is 1. The number of carbonyl (C=O) groups is 1. The number of aromatic nitrogens is 1. The summed E-state index contributed by atoms with van der Waals surface area (Å²) in [6.07, 6.45) is 2.19. The first kappa shape index (κ1) is 19.0. The van der Waals surface area contributed by atoms with Gasteiger partial charge in [-0.25, -0.2) is 18.2 Å². The van der Waals surface area contributed by atoms with Crippen LogP contribution in [0.4, 0.5) is 4.79 Å². The molecule has 2 heterocycles. The van der Waals surface area contributed by atoms with Crippen molar-refractivity contribution in [3.63, 3.8) is 0 Å². The first-order chi connectivity index (χ1) is 11.1. The maximum Gasteiger partial charge on any atom is 0.410 e. The van der Waals surface area contributed by atoms with Gasteiger partial charge in [0.1, 0.15) is 10.8 Å². The molecule has 1 aliphatic rings. The molecule has 0 spiro atoms. The Balaban J connectivity index is 2.04. The minimum atomic E-state index is -3.39. The maximum absolute atomic E-state index is 12.7. The lowest BCUT2D eigenvalue weighted by molar-refractivity contribution is 0.0219. The molecule has 6 nitrogen and oxygen atoms in total. The molecule has 1 aliphatic heterocycles. The Bertz CT molecular complexity index is 683. The molecule has 0 aromatic carbocycles. The third kappa shape index (κ3) is 5.34. The number of nitrogens with zero attached hydrogens (tertiary/aromatic N) is 2. The lowest BCUT2D eigenvalue weighted by atomic mass is 10.1. The second kappa shape index (κ2) is 7.27. The Morgan fingerprint density at radius 1 is 1.42 bits per heavy atom. The summed E-state index contributed by atoms with van der Waals surface area (Å²) in [5, 5.41) is -0.264. The second-order valence-electron chi connectivity index (χ2n) is 6.99. The van der Waals surface area contributed by atoms with Crippen LogP contribution in [0.25, 0.3) is 0 Å². The minimum absolute atomic E-state index is 0.107. The van der Waals surface area contributed by atoms with E-state index in [9.17, 15) is 13.2 Å². The van der Waals surface area contributed by atoms with Crippen molar-refractivity contribution in [2.24, 2.45) is 0 Å². The number of hydrogen-bond donors (Lipinski definition) is 0. The van der Waals surface area contributed by atoms with E-state index in [1.807, 2.05) is 0 Å². The molecule has 1 atom stereocenters. The van der Waals surface area contributed by atoms with Crippen LogP contribution < -0.4 is 0 Å². The molecular weight excluding hydrogens is 352 g/mol. The zero-order valence-corrected chi connectivity index (χ0v) is 15.7. The Hall–Kier alpha value is -1.34. The van der Waals surface area contributed by atoms with Crippen molar-refractivity contribution in [1.82, 2.24) is 9.88 Å². The van der Waals surface area contributed by atoms with Crippen molar-refractivity contribution < 1.29 is 17.9 Å². The summed E-state index contributed by atoms with van der Waals surface area (Å²) >= 11 is 5.72. The van der Waals surface area contributed by atoms with Gasteiger partial charge in [0.25, 0.3) is 0 Å². The number of carbonyl (C=O) groups excluding carboxylic acids is 1. The van der Waals surface area contributed by atoms with E-state index in [-0.39, 0.29) is 12.3 Å². The van der Waals surface area contributed by atoms with Gasteiger partial charge < -0.3 is 9.64 Å². The van der Waals surface area contributed by atoms with E-state index >= 15 is 0 Å². The number of piperidine rings is 1. The van der Waals surface area contributed by atoms with Crippen molar-refractivity contribution in [3.8, 4) is 0 Å². The summed E-state index contributed by atoms with van der Waals surface area (Å²) in [7, 11) is -3.39. The molecule has 0 aliphatic carbocycles. The Labute approximate surface area is 148 Å². The van der Waals surface area contributed by atoms with Gasteiger partial charge in [-0.2, -0.15) is 0 Å². The van der Waals surface area contributed by atoms with Gasteiger partial charge in [0.2, 0.25) is 0 Å². The molecule has 8 heteroatoms. The fourth-order valence-corrected chi connectivity index (χ4v) is 4.48. The Morgan fingerprint density at radius 3 is 2.71 bits per heavy atom. The van der Waals surface area contributed by atoms with Crippen molar-refractivity contribution in [3.05, 3.63) is 29.0 Å². The number of pyridine rings is 1. The van der Waals surface area contributed by atoms with E-state index < -0.39 is 26.8 Å². The van der Waals surface area contributed by atoms with Crippen LogP contribution in [0.15, 0.2) is 18.3 Å². The standard InChI is InChI=1S/C16H23ClN2O4S/c1-16(2,3)23-15(20)19-8-4-5-13(10-19)24(21,22)11-12-6-7-14(17)18-9-12/h6-7,9,13H,4-5,8,10-11H2,1-3H3. The van der Waals surface area contributed by atoms with Crippen molar-refractivity contribution in [2.45, 2.75) is 50.2 Å². The summed E-state index contributed by atoms with van der Waals surface area (Å²) in [4.78, 5) is 17.6. The SMILES string of the molecule is CC(C)(C)OC(=O)N1CCCC(S(=O)(=O)Cc2ccc(Cl)nc2)C1. The van der Waals surface area contributed by atoms with Crippen molar-refractivity contribution >= 4 is 27.5 Å². The Morgan fingerprint density at radius 2 is 2.12 bits per heavy atom. The zero-order chi connectivity index (χ0) is 18.0. The molecule has 0 radical (unpaired) electrons. The number of amides is 1. The van der Waals surface area contributed by atoms with E-state index in [2.05, 4.69) is 4.98 Å². The molecule has 0 saturated carbocycles. The fourth-order valence-electron chi connectivity index (χ4n) is 2.57. The highest BCUT2D eigenvalue weighted by atomic mass is 35.5. The van der Waals surface area contributed by atoms with E-state index in [1.165, 1.54) is 11.1 Å². The van der Waals surface area contributed by atoms with Gasteiger partial charge in [0, 0.05) is 19.3 Å². The van der Waals surface area contributed by atoms with Crippen molar-refractivity contribution in [2.75, 3.05) is 13.1 Å². The molecule has 1 aromatic heterocycles. The normalized spacial score (nSPS) is 19.2. The molecule has 0 bridgehead atoms. The molecule has 1 amide bonds. The van der Waals surface area contributed by atoms with Gasteiger partial charge >= 0.3 is 6.09 Å². The predicted octanol–water partition coefficient (Wildman–Crippen LogP) is 3.05. The van der Waals surface area contributed by atoms with E-state index in [4.69, 9.17) is 16.3 Å². The van der Waals surface area contributed by atoms with Crippen LogP contribution >= 0.6 is 11.6 Å². The highest BCUT2D eigenvalue weighted by Crippen LogP contribution is 2.22. The van der Waals surface area contributed by atoms with Gasteiger partial charge in [-0.15, -0.1) is 0 Å². The average Bonchev–Trinajstić information content (AvgIpc) is 2.48. The third-order valence-corrected chi connectivity index (χ3v) is 6.05. The first-order valence-electron chi connectivity index (χ1n) is 7.87. The zero-order valence-electron chi connectivity index (χ0n) is 14.2. The number of rotatable bonds is 3.